The summed E-state index contributed by atoms with van der Waals surface area (Å²) in [5, 5.41) is 8.44. The van der Waals surface area contributed by atoms with Gasteiger partial charge in [0.1, 0.15) is 11.6 Å². The first-order valence-corrected chi connectivity index (χ1v) is 7.59. The number of nitrogens with zero attached hydrogens (tertiary/aromatic N) is 2. The standard InChI is InChI=1S/C16H13FN2O2S/c1-20-14-5-3-2-4-12(14)10-22-16-19-18-15(21-16)11-6-8-13(17)9-7-11/h2-9H,10H2,1H3. The van der Waals surface area contributed by atoms with Gasteiger partial charge in [0.05, 0.1) is 7.11 Å². The fourth-order valence-electron chi connectivity index (χ4n) is 1.94. The number of hydrogen-bond acceptors (Lipinski definition) is 5. The number of thioether (sulfide) groups is 1. The Morgan fingerprint density at radius 3 is 2.64 bits per heavy atom. The summed E-state index contributed by atoms with van der Waals surface area (Å²) < 4.78 is 23.8. The van der Waals surface area contributed by atoms with Crippen molar-refractivity contribution in [3.8, 4) is 17.2 Å². The average molecular weight is 316 g/mol. The summed E-state index contributed by atoms with van der Waals surface area (Å²) in [6, 6.07) is 13.7. The van der Waals surface area contributed by atoms with Gasteiger partial charge >= 0.3 is 0 Å². The zero-order valence-electron chi connectivity index (χ0n) is 11.8. The van der Waals surface area contributed by atoms with E-state index in [0.29, 0.717) is 22.4 Å². The number of halogens is 1. The van der Waals surface area contributed by atoms with Crippen LogP contribution in [0.3, 0.4) is 0 Å². The average Bonchev–Trinajstić information content (AvgIpc) is 3.03. The van der Waals surface area contributed by atoms with Crippen molar-refractivity contribution in [1.29, 1.82) is 0 Å². The van der Waals surface area contributed by atoms with Crippen LogP contribution in [0.25, 0.3) is 11.5 Å². The molecule has 22 heavy (non-hydrogen) atoms. The molecule has 0 bridgehead atoms. The van der Waals surface area contributed by atoms with Crippen molar-refractivity contribution in [1.82, 2.24) is 10.2 Å². The van der Waals surface area contributed by atoms with Crippen molar-refractivity contribution in [3.05, 3.63) is 59.9 Å². The molecule has 0 unspecified atom stereocenters. The number of methoxy groups -OCH3 is 1. The van der Waals surface area contributed by atoms with E-state index < -0.39 is 0 Å². The van der Waals surface area contributed by atoms with Crippen LogP contribution in [0.15, 0.2) is 58.2 Å². The van der Waals surface area contributed by atoms with Gasteiger partial charge in [-0.3, -0.25) is 0 Å². The van der Waals surface area contributed by atoms with Crippen LogP contribution in [-0.4, -0.2) is 17.3 Å². The van der Waals surface area contributed by atoms with E-state index in [-0.39, 0.29) is 5.82 Å². The summed E-state index contributed by atoms with van der Waals surface area (Å²) in [7, 11) is 1.64. The number of ether oxygens (including phenoxy) is 1. The number of aromatic nitrogens is 2. The molecule has 112 valence electrons. The summed E-state index contributed by atoms with van der Waals surface area (Å²) in [6.07, 6.45) is 0. The van der Waals surface area contributed by atoms with E-state index in [1.165, 1.54) is 23.9 Å². The van der Waals surface area contributed by atoms with Gasteiger partial charge in [-0.05, 0) is 30.3 Å². The molecular formula is C16H13FN2O2S. The second-order valence-corrected chi connectivity index (χ2v) is 5.41. The highest BCUT2D eigenvalue weighted by Gasteiger charge is 2.10. The van der Waals surface area contributed by atoms with Crippen LogP contribution in [0.2, 0.25) is 0 Å². The molecule has 0 amide bonds. The van der Waals surface area contributed by atoms with Crippen LogP contribution in [0.1, 0.15) is 5.56 Å². The minimum atomic E-state index is -0.297. The van der Waals surface area contributed by atoms with E-state index in [2.05, 4.69) is 10.2 Å². The maximum absolute atomic E-state index is 12.9. The SMILES string of the molecule is COc1ccccc1CSc1nnc(-c2ccc(F)cc2)o1. The minimum absolute atomic E-state index is 0.297. The molecule has 0 aliphatic rings. The third-order valence-corrected chi connectivity index (χ3v) is 3.91. The van der Waals surface area contributed by atoms with Gasteiger partial charge in [0.25, 0.3) is 5.22 Å². The van der Waals surface area contributed by atoms with Crippen LogP contribution in [0, 0.1) is 5.82 Å². The Bertz CT molecular complexity index is 759. The van der Waals surface area contributed by atoms with Crippen molar-refractivity contribution in [3.63, 3.8) is 0 Å². The fraction of sp³-hybridized carbons (Fsp3) is 0.125. The third-order valence-electron chi connectivity index (χ3n) is 3.04. The molecule has 0 N–H and O–H groups in total. The topological polar surface area (TPSA) is 48.2 Å². The van der Waals surface area contributed by atoms with Crippen molar-refractivity contribution in [2.45, 2.75) is 11.0 Å². The Kier molecular flexibility index (Phi) is 4.39. The normalized spacial score (nSPS) is 10.6. The van der Waals surface area contributed by atoms with Gasteiger partial charge in [0, 0.05) is 16.9 Å². The highest BCUT2D eigenvalue weighted by molar-refractivity contribution is 7.98. The number of rotatable bonds is 5. The zero-order chi connectivity index (χ0) is 15.4. The molecule has 0 saturated heterocycles. The van der Waals surface area contributed by atoms with Gasteiger partial charge in [-0.15, -0.1) is 10.2 Å². The Balaban J connectivity index is 1.71. The Hall–Kier alpha value is -2.34. The lowest BCUT2D eigenvalue weighted by molar-refractivity contribution is 0.411. The van der Waals surface area contributed by atoms with Crippen LogP contribution in [-0.2, 0) is 5.75 Å². The Morgan fingerprint density at radius 2 is 1.86 bits per heavy atom. The lowest BCUT2D eigenvalue weighted by atomic mass is 10.2. The molecule has 1 heterocycles. The summed E-state index contributed by atoms with van der Waals surface area (Å²) >= 11 is 1.43. The van der Waals surface area contributed by atoms with Crippen molar-refractivity contribution in [2.24, 2.45) is 0 Å². The smallest absolute Gasteiger partial charge is 0.277 e. The maximum atomic E-state index is 12.9. The lowest BCUT2D eigenvalue weighted by Crippen LogP contribution is -1.89. The molecule has 2 aromatic carbocycles. The van der Waals surface area contributed by atoms with Crippen molar-refractivity contribution < 1.29 is 13.5 Å². The molecule has 0 spiro atoms. The van der Waals surface area contributed by atoms with E-state index in [0.717, 1.165) is 11.3 Å². The van der Waals surface area contributed by atoms with E-state index in [4.69, 9.17) is 9.15 Å². The van der Waals surface area contributed by atoms with Gasteiger partial charge in [-0.1, -0.05) is 30.0 Å². The lowest BCUT2D eigenvalue weighted by Gasteiger charge is -2.05. The molecule has 3 rings (SSSR count). The van der Waals surface area contributed by atoms with E-state index in [1.807, 2.05) is 24.3 Å². The first kappa shape index (κ1) is 14.6. The van der Waals surface area contributed by atoms with Gasteiger partial charge in [-0.2, -0.15) is 0 Å². The summed E-state index contributed by atoms with van der Waals surface area (Å²) in [5.74, 6) is 1.57. The molecule has 6 heteroatoms. The van der Waals surface area contributed by atoms with Gasteiger partial charge in [-0.25, -0.2) is 4.39 Å². The predicted molar refractivity (Wildman–Crippen MR) is 82.2 cm³/mol. The largest absolute Gasteiger partial charge is 0.496 e. The molecule has 3 aromatic rings. The van der Waals surface area contributed by atoms with Gasteiger partial charge in [0.2, 0.25) is 5.89 Å². The molecular weight excluding hydrogens is 303 g/mol. The summed E-state index contributed by atoms with van der Waals surface area (Å²) in [4.78, 5) is 0. The third kappa shape index (κ3) is 3.28. The zero-order valence-corrected chi connectivity index (χ0v) is 12.6. The van der Waals surface area contributed by atoms with Crippen molar-refractivity contribution >= 4 is 11.8 Å². The summed E-state index contributed by atoms with van der Waals surface area (Å²) in [6.45, 7) is 0. The van der Waals surface area contributed by atoms with Crippen LogP contribution in [0.5, 0.6) is 5.75 Å². The van der Waals surface area contributed by atoms with Gasteiger partial charge < -0.3 is 9.15 Å². The van der Waals surface area contributed by atoms with E-state index in [9.17, 15) is 4.39 Å². The Labute approximate surface area is 131 Å². The van der Waals surface area contributed by atoms with Crippen LogP contribution in [0.4, 0.5) is 4.39 Å². The highest BCUT2D eigenvalue weighted by Crippen LogP contribution is 2.29. The number of hydrogen-bond donors (Lipinski definition) is 0. The van der Waals surface area contributed by atoms with E-state index >= 15 is 0 Å². The number of benzene rings is 2. The first-order valence-electron chi connectivity index (χ1n) is 6.60. The second kappa shape index (κ2) is 6.62. The molecule has 0 atom stereocenters. The monoisotopic (exact) mass is 316 g/mol. The molecule has 0 aliphatic heterocycles. The fourth-order valence-corrected chi connectivity index (χ4v) is 2.69. The van der Waals surface area contributed by atoms with E-state index in [1.54, 1.807) is 19.2 Å². The van der Waals surface area contributed by atoms with Gasteiger partial charge in [0.15, 0.2) is 0 Å². The van der Waals surface area contributed by atoms with Crippen molar-refractivity contribution in [2.75, 3.05) is 7.11 Å². The maximum Gasteiger partial charge on any atom is 0.277 e. The Morgan fingerprint density at radius 1 is 1.09 bits per heavy atom. The molecule has 4 nitrogen and oxygen atoms in total. The second-order valence-electron chi connectivity index (χ2n) is 4.48. The molecule has 0 fully saturated rings. The molecule has 0 radical (unpaired) electrons. The first-order chi connectivity index (χ1) is 10.8. The molecule has 1 aromatic heterocycles. The summed E-state index contributed by atoms with van der Waals surface area (Å²) in [5.41, 5.74) is 1.74. The quantitative estimate of drug-likeness (QED) is 0.661. The van der Waals surface area contributed by atoms with Crippen LogP contribution >= 0.6 is 11.8 Å². The minimum Gasteiger partial charge on any atom is -0.496 e. The predicted octanol–water partition coefficient (Wildman–Crippen LogP) is 4.18. The molecule has 0 aliphatic carbocycles. The number of para-hydroxylation sites is 1. The highest BCUT2D eigenvalue weighted by atomic mass is 32.2. The van der Waals surface area contributed by atoms with Crippen LogP contribution < -0.4 is 4.74 Å². The molecule has 0 saturated carbocycles.